The molecule has 1 aromatic carbocycles. The molecule has 1 fully saturated rings. The van der Waals surface area contributed by atoms with Gasteiger partial charge < -0.3 is 16.0 Å². The Balaban J connectivity index is 1.50. The van der Waals surface area contributed by atoms with Crippen molar-refractivity contribution in [1.29, 1.82) is 0 Å². The number of benzene rings is 1. The number of piperidine rings is 1. The molecule has 2 aromatic rings. The minimum absolute atomic E-state index is 0.000138. The van der Waals surface area contributed by atoms with Crippen LogP contribution in [0.15, 0.2) is 42.6 Å². The molecule has 5 heteroatoms. The molecule has 5 nitrogen and oxygen atoms in total. The molecule has 1 amide bonds. The molecule has 0 bridgehead atoms. The molecule has 0 spiro atoms. The highest BCUT2D eigenvalue weighted by atomic mass is 16.1. The number of carbonyl (C=O) groups is 1. The summed E-state index contributed by atoms with van der Waals surface area (Å²) in [7, 11) is 0. The standard InChI is InChI=1S/C26H38N4O/c1-19(16-20-7-9-23(10-8-20)26(2,3)4)17-28-18-22-6-5-13-29-25(22)30-14-11-21(12-15-30)24(27)31/h5-10,13,19,21,28H,11-12,14-18H2,1-4H3,(H2,27,31)/t19-/m0/s1. The summed E-state index contributed by atoms with van der Waals surface area (Å²) in [6.45, 7) is 12.5. The van der Waals surface area contributed by atoms with Crippen molar-refractivity contribution in [3.05, 3.63) is 59.3 Å². The third kappa shape index (κ3) is 6.54. The van der Waals surface area contributed by atoms with E-state index < -0.39 is 0 Å². The molecule has 1 aromatic heterocycles. The second kappa shape index (κ2) is 10.3. The molecule has 1 aliphatic heterocycles. The summed E-state index contributed by atoms with van der Waals surface area (Å²) in [5.74, 6) is 1.40. The van der Waals surface area contributed by atoms with Gasteiger partial charge in [-0.25, -0.2) is 4.98 Å². The first-order chi connectivity index (χ1) is 14.7. The van der Waals surface area contributed by atoms with Crippen molar-refractivity contribution < 1.29 is 4.79 Å². The van der Waals surface area contributed by atoms with E-state index in [9.17, 15) is 4.79 Å². The van der Waals surface area contributed by atoms with Crippen LogP contribution in [-0.2, 0) is 23.2 Å². The molecule has 0 saturated carbocycles. The molecule has 1 atom stereocenters. The number of hydrogen-bond acceptors (Lipinski definition) is 4. The lowest BCUT2D eigenvalue weighted by molar-refractivity contribution is -0.122. The van der Waals surface area contributed by atoms with E-state index in [1.165, 1.54) is 16.7 Å². The van der Waals surface area contributed by atoms with Crippen molar-refractivity contribution in [1.82, 2.24) is 10.3 Å². The highest BCUT2D eigenvalue weighted by Gasteiger charge is 2.24. The van der Waals surface area contributed by atoms with Gasteiger partial charge in [-0.3, -0.25) is 4.79 Å². The van der Waals surface area contributed by atoms with E-state index in [-0.39, 0.29) is 17.2 Å². The monoisotopic (exact) mass is 422 g/mol. The smallest absolute Gasteiger partial charge is 0.220 e. The van der Waals surface area contributed by atoms with Crippen LogP contribution in [0.1, 0.15) is 57.2 Å². The maximum absolute atomic E-state index is 11.4. The summed E-state index contributed by atoms with van der Waals surface area (Å²) >= 11 is 0. The number of aromatic nitrogens is 1. The van der Waals surface area contributed by atoms with Crippen molar-refractivity contribution in [3.63, 3.8) is 0 Å². The van der Waals surface area contributed by atoms with Crippen LogP contribution in [0.3, 0.4) is 0 Å². The van der Waals surface area contributed by atoms with Crippen LogP contribution in [0.4, 0.5) is 5.82 Å². The minimum atomic E-state index is -0.176. The SMILES string of the molecule is C[C@H](CNCc1cccnc1N1CCC(C(N)=O)CC1)Cc1ccc(C(C)(C)C)cc1. The van der Waals surface area contributed by atoms with Crippen LogP contribution in [0.5, 0.6) is 0 Å². The molecular formula is C26H38N4O. The summed E-state index contributed by atoms with van der Waals surface area (Å²) < 4.78 is 0. The molecular weight excluding hydrogens is 384 g/mol. The number of anilines is 1. The summed E-state index contributed by atoms with van der Waals surface area (Å²) in [6, 6.07) is 13.2. The molecule has 0 unspecified atom stereocenters. The number of carbonyl (C=O) groups excluding carboxylic acids is 1. The van der Waals surface area contributed by atoms with Gasteiger partial charge in [-0.05, 0) is 54.3 Å². The number of amides is 1. The van der Waals surface area contributed by atoms with Crippen LogP contribution in [-0.4, -0.2) is 30.5 Å². The third-order valence-corrected chi connectivity index (χ3v) is 6.28. The van der Waals surface area contributed by atoms with Crippen molar-refractivity contribution in [2.45, 2.75) is 58.9 Å². The molecule has 3 rings (SSSR count). The summed E-state index contributed by atoms with van der Waals surface area (Å²) in [5, 5.41) is 3.62. The number of rotatable bonds is 8. The zero-order valence-electron chi connectivity index (χ0n) is 19.5. The molecule has 0 radical (unpaired) electrons. The van der Waals surface area contributed by atoms with Crippen LogP contribution < -0.4 is 16.0 Å². The quantitative estimate of drug-likeness (QED) is 0.673. The Bertz CT molecular complexity index is 848. The predicted molar refractivity (Wildman–Crippen MR) is 128 cm³/mol. The van der Waals surface area contributed by atoms with Crippen LogP contribution >= 0.6 is 0 Å². The molecule has 2 heterocycles. The van der Waals surface area contributed by atoms with Gasteiger partial charge in [-0.1, -0.05) is 58.0 Å². The highest BCUT2D eigenvalue weighted by molar-refractivity contribution is 5.77. The van der Waals surface area contributed by atoms with Gasteiger partial charge in [0, 0.05) is 37.3 Å². The van der Waals surface area contributed by atoms with Crippen molar-refractivity contribution in [2.75, 3.05) is 24.5 Å². The van der Waals surface area contributed by atoms with Gasteiger partial charge in [-0.15, -0.1) is 0 Å². The molecule has 1 saturated heterocycles. The van der Waals surface area contributed by atoms with Gasteiger partial charge in [0.15, 0.2) is 0 Å². The van der Waals surface area contributed by atoms with Crippen LogP contribution in [0.2, 0.25) is 0 Å². The Labute approximate surface area is 187 Å². The maximum Gasteiger partial charge on any atom is 0.220 e. The number of nitrogens with two attached hydrogens (primary N) is 1. The maximum atomic E-state index is 11.4. The predicted octanol–water partition coefficient (Wildman–Crippen LogP) is 4.05. The molecule has 168 valence electrons. The van der Waals surface area contributed by atoms with E-state index in [1.807, 2.05) is 12.3 Å². The fraction of sp³-hybridized carbons (Fsp3) is 0.538. The van der Waals surface area contributed by atoms with Crippen molar-refractivity contribution >= 4 is 11.7 Å². The van der Waals surface area contributed by atoms with Gasteiger partial charge in [0.05, 0.1) is 0 Å². The molecule has 31 heavy (non-hydrogen) atoms. The number of nitrogens with zero attached hydrogens (tertiary/aromatic N) is 2. The normalized spacial score (nSPS) is 16.3. The third-order valence-electron chi connectivity index (χ3n) is 6.28. The number of primary amides is 1. The Hall–Kier alpha value is -2.40. The Morgan fingerprint density at radius 2 is 1.87 bits per heavy atom. The van der Waals surface area contributed by atoms with E-state index >= 15 is 0 Å². The largest absolute Gasteiger partial charge is 0.369 e. The van der Waals surface area contributed by atoms with Gasteiger partial charge in [0.1, 0.15) is 5.82 Å². The van der Waals surface area contributed by atoms with Gasteiger partial charge in [0.2, 0.25) is 5.91 Å². The first kappa shape index (κ1) is 23.3. The first-order valence-corrected chi connectivity index (χ1v) is 11.5. The van der Waals surface area contributed by atoms with E-state index in [2.05, 4.69) is 73.2 Å². The molecule has 0 aliphatic carbocycles. The summed E-state index contributed by atoms with van der Waals surface area (Å²) in [4.78, 5) is 18.4. The lowest BCUT2D eigenvalue weighted by Gasteiger charge is -2.32. The van der Waals surface area contributed by atoms with Crippen molar-refractivity contribution in [3.8, 4) is 0 Å². The first-order valence-electron chi connectivity index (χ1n) is 11.5. The van der Waals surface area contributed by atoms with E-state index in [0.717, 1.165) is 51.3 Å². The summed E-state index contributed by atoms with van der Waals surface area (Å²) in [5.41, 5.74) is 9.65. The van der Waals surface area contributed by atoms with E-state index in [0.29, 0.717) is 5.92 Å². The van der Waals surface area contributed by atoms with Crippen LogP contribution in [0, 0.1) is 11.8 Å². The number of hydrogen-bond donors (Lipinski definition) is 2. The topological polar surface area (TPSA) is 71.2 Å². The Morgan fingerprint density at radius 1 is 1.19 bits per heavy atom. The number of nitrogens with one attached hydrogen (secondary N) is 1. The average molecular weight is 423 g/mol. The Morgan fingerprint density at radius 3 is 2.48 bits per heavy atom. The zero-order chi connectivity index (χ0) is 22.4. The van der Waals surface area contributed by atoms with Crippen LogP contribution in [0.25, 0.3) is 0 Å². The second-order valence-electron chi connectivity index (χ2n) is 10.0. The molecule has 3 N–H and O–H groups in total. The Kier molecular flexibility index (Phi) is 7.71. The highest BCUT2D eigenvalue weighted by Crippen LogP contribution is 2.25. The van der Waals surface area contributed by atoms with Gasteiger partial charge >= 0.3 is 0 Å². The van der Waals surface area contributed by atoms with Gasteiger partial charge in [-0.2, -0.15) is 0 Å². The average Bonchev–Trinajstić information content (AvgIpc) is 2.74. The molecule has 1 aliphatic rings. The van der Waals surface area contributed by atoms with Gasteiger partial charge in [0.25, 0.3) is 0 Å². The fourth-order valence-corrected chi connectivity index (χ4v) is 4.30. The van der Waals surface area contributed by atoms with Crippen molar-refractivity contribution in [2.24, 2.45) is 17.6 Å². The lowest BCUT2D eigenvalue weighted by atomic mass is 9.86. The number of pyridine rings is 1. The minimum Gasteiger partial charge on any atom is -0.369 e. The fourth-order valence-electron chi connectivity index (χ4n) is 4.30. The lowest BCUT2D eigenvalue weighted by Crippen LogP contribution is -2.39. The van der Waals surface area contributed by atoms with E-state index in [4.69, 9.17) is 5.73 Å². The van der Waals surface area contributed by atoms with E-state index in [1.54, 1.807) is 0 Å². The second-order valence-corrected chi connectivity index (χ2v) is 10.0. The summed E-state index contributed by atoms with van der Waals surface area (Å²) in [6.07, 6.45) is 4.54. The zero-order valence-corrected chi connectivity index (χ0v) is 19.5.